The van der Waals surface area contributed by atoms with Crippen molar-refractivity contribution < 1.29 is 7.20 Å². The van der Waals surface area contributed by atoms with Gasteiger partial charge in [0.05, 0.1) is 0 Å². The molecule has 0 spiro atoms. The van der Waals surface area contributed by atoms with Crippen LogP contribution in [0.1, 0.15) is 0 Å². The predicted octanol–water partition coefficient (Wildman–Crippen LogP) is 1.84. The van der Waals surface area contributed by atoms with E-state index in [-0.39, 0.29) is 5.82 Å². The van der Waals surface area contributed by atoms with E-state index >= 15 is 0 Å². The maximum atomic E-state index is 13.2. The molecule has 1 aromatic carbocycles. The summed E-state index contributed by atoms with van der Waals surface area (Å²) in [6.45, 7) is 0. The standard InChI is InChI=1S/C9H6FNO.Bi/c10-7-3-4-8(12)9-6(7)2-1-5-11-9;/h1-5,12H;/q;+1/p-1. The van der Waals surface area contributed by atoms with Crippen LogP contribution in [0.4, 0.5) is 4.39 Å². The summed E-state index contributed by atoms with van der Waals surface area (Å²) in [7, 11) is 0. The second kappa shape index (κ2) is 3.54. The van der Waals surface area contributed by atoms with Crippen LogP contribution in [0.25, 0.3) is 10.9 Å². The van der Waals surface area contributed by atoms with Gasteiger partial charge < -0.3 is 0 Å². The molecule has 1 aromatic heterocycles. The monoisotopic (exact) mass is 371 g/mol. The van der Waals surface area contributed by atoms with Crippen molar-refractivity contribution in [2.45, 2.75) is 0 Å². The quantitative estimate of drug-likeness (QED) is 0.714. The molecule has 0 unspecified atom stereocenters. The summed E-state index contributed by atoms with van der Waals surface area (Å²) in [6, 6.07) is 6.40. The van der Waals surface area contributed by atoms with Gasteiger partial charge in [0.15, 0.2) is 0 Å². The first-order valence-electron chi connectivity index (χ1n) is 3.67. The van der Waals surface area contributed by atoms with Gasteiger partial charge in [-0.25, -0.2) is 0 Å². The molecule has 0 bridgehead atoms. The Hall–Kier alpha value is -0.757. The molecule has 0 aliphatic rings. The van der Waals surface area contributed by atoms with E-state index in [2.05, 4.69) is 4.98 Å². The molecule has 0 saturated carbocycles. The van der Waals surface area contributed by atoms with Crippen molar-refractivity contribution in [2.75, 3.05) is 0 Å². The third-order valence-corrected chi connectivity index (χ3v) is 2.54. The van der Waals surface area contributed by atoms with Gasteiger partial charge in [0, 0.05) is 0 Å². The molecule has 2 aromatic rings. The molecule has 13 heavy (non-hydrogen) atoms. The van der Waals surface area contributed by atoms with E-state index in [1.165, 1.54) is 6.07 Å². The molecule has 0 N–H and O–H groups in total. The van der Waals surface area contributed by atoms with Crippen LogP contribution in [0.5, 0.6) is 5.75 Å². The Morgan fingerprint density at radius 2 is 2.15 bits per heavy atom. The average molecular weight is 371 g/mol. The van der Waals surface area contributed by atoms with E-state index in [1.54, 1.807) is 24.4 Å². The topological polar surface area (TPSA) is 22.1 Å². The zero-order chi connectivity index (χ0) is 9.26. The molecule has 2 rings (SSSR count). The molecule has 0 aliphatic heterocycles. The van der Waals surface area contributed by atoms with Gasteiger partial charge in [-0.05, 0) is 0 Å². The summed E-state index contributed by atoms with van der Waals surface area (Å²) in [5.41, 5.74) is 0.588. The van der Waals surface area contributed by atoms with Crippen LogP contribution in [0.15, 0.2) is 30.5 Å². The second-order valence-electron chi connectivity index (χ2n) is 2.54. The van der Waals surface area contributed by atoms with Crippen LogP contribution in [0.2, 0.25) is 0 Å². The average Bonchev–Trinajstić information content (AvgIpc) is 2.19. The van der Waals surface area contributed by atoms with E-state index in [0.29, 0.717) is 16.7 Å². The second-order valence-corrected chi connectivity index (χ2v) is 3.25. The molecule has 2 nitrogen and oxygen atoms in total. The summed E-state index contributed by atoms with van der Waals surface area (Å²) >= 11 is 0.774. The molecule has 0 saturated heterocycles. The number of aromatic nitrogens is 1. The first kappa shape index (κ1) is 8.82. The number of benzene rings is 1. The molecule has 0 atom stereocenters. The zero-order valence-electron chi connectivity index (χ0n) is 6.57. The summed E-state index contributed by atoms with van der Waals surface area (Å²) < 4.78 is 18.4. The number of halogens is 1. The summed E-state index contributed by atoms with van der Waals surface area (Å²) in [5.74, 6) is 0.382. The van der Waals surface area contributed by atoms with E-state index < -0.39 is 0 Å². The summed E-state index contributed by atoms with van der Waals surface area (Å²) in [5, 5.41) is 0.506. The molecule has 4 heteroatoms. The molecule has 1 heterocycles. The van der Waals surface area contributed by atoms with Gasteiger partial charge in [0.2, 0.25) is 0 Å². The van der Waals surface area contributed by atoms with Crippen molar-refractivity contribution in [3.63, 3.8) is 0 Å². The van der Waals surface area contributed by atoms with E-state index in [1.807, 2.05) is 0 Å². The Labute approximate surface area is 90.2 Å². The molecule has 2 radical (unpaired) electrons. The first-order chi connectivity index (χ1) is 6.33. The normalized spacial score (nSPS) is 10.3. The van der Waals surface area contributed by atoms with Crippen molar-refractivity contribution in [1.29, 1.82) is 0 Å². The van der Waals surface area contributed by atoms with Crippen molar-refractivity contribution in [3.05, 3.63) is 36.3 Å². The Morgan fingerprint density at radius 1 is 1.31 bits per heavy atom. The van der Waals surface area contributed by atoms with Gasteiger partial charge in [-0.2, -0.15) is 0 Å². The van der Waals surface area contributed by atoms with Crippen LogP contribution in [-0.4, -0.2) is 30.1 Å². The van der Waals surface area contributed by atoms with Crippen LogP contribution < -0.4 is 2.81 Å². The minimum absolute atomic E-state index is 0.262. The van der Waals surface area contributed by atoms with Gasteiger partial charge in [-0.1, -0.05) is 0 Å². The molecular formula is C9H5BiFNO. The number of nitrogens with zero attached hydrogens (tertiary/aromatic N) is 1. The van der Waals surface area contributed by atoms with Crippen molar-refractivity contribution in [3.8, 4) is 5.75 Å². The van der Waals surface area contributed by atoms with Gasteiger partial charge in [0.1, 0.15) is 0 Å². The van der Waals surface area contributed by atoms with E-state index in [4.69, 9.17) is 2.81 Å². The van der Waals surface area contributed by atoms with Gasteiger partial charge >= 0.3 is 90.3 Å². The summed E-state index contributed by atoms with van der Waals surface area (Å²) in [6.07, 6.45) is 1.63. The number of pyridine rings is 1. The van der Waals surface area contributed by atoms with Crippen LogP contribution >= 0.6 is 0 Å². The minimum atomic E-state index is -0.262. The van der Waals surface area contributed by atoms with Gasteiger partial charge in [-0.3, -0.25) is 0 Å². The molecule has 0 fully saturated rings. The SMILES string of the molecule is Fc1ccc([O][Bi])c2ncccc12. The van der Waals surface area contributed by atoms with Crippen molar-refractivity contribution in [2.24, 2.45) is 0 Å². The third kappa shape index (κ3) is 1.51. The zero-order valence-corrected chi connectivity index (χ0v) is 10.0. The first-order valence-corrected chi connectivity index (χ1v) is 5.09. The van der Waals surface area contributed by atoms with Crippen LogP contribution in [0.3, 0.4) is 0 Å². The fraction of sp³-hybridized carbons (Fsp3) is 0. The van der Waals surface area contributed by atoms with Gasteiger partial charge in [-0.15, -0.1) is 0 Å². The van der Waals surface area contributed by atoms with Crippen molar-refractivity contribution >= 4 is 36.1 Å². The number of fused-ring (bicyclic) bond motifs is 1. The van der Waals surface area contributed by atoms with Crippen molar-refractivity contribution in [1.82, 2.24) is 4.98 Å². The summed E-state index contributed by atoms with van der Waals surface area (Å²) in [4.78, 5) is 4.07. The Bertz CT molecular complexity index is 447. The fourth-order valence-electron chi connectivity index (χ4n) is 1.19. The number of hydrogen-bond acceptors (Lipinski definition) is 2. The Kier molecular flexibility index (Phi) is 2.41. The maximum absolute atomic E-state index is 13.2. The fourth-order valence-corrected chi connectivity index (χ4v) is 1.76. The van der Waals surface area contributed by atoms with Gasteiger partial charge in [0.25, 0.3) is 0 Å². The number of rotatable bonds is 1. The van der Waals surface area contributed by atoms with E-state index in [0.717, 1.165) is 25.2 Å². The predicted molar refractivity (Wildman–Crippen MR) is 48.1 cm³/mol. The molecule has 0 amide bonds. The van der Waals surface area contributed by atoms with E-state index in [9.17, 15) is 4.39 Å². The van der Waals surface area contributed by atoms with Crippen LogP contribution in [-0.2, 0) is 0 Å². The number of hydrogen-bond donors (Lipinski definition) is 0. The molecule has 0 aliphatic carbocycles. The third-order valence-electron chi connectivity index (χ3n) is 1.78. The molecule has 64 valence electrons. The Morgan fingerprint density at radius 3 is 2.92 bits per heavy atom. The Balaban J connectivity index is 2.84. The van der Waals surface area contributed by atoms with Crippen LogP contribution in [0, 0.1) is 5.82 Å². The molecular weight excluding hydrogens is 366 g/mol.